The Morgan fingerprint density at radius 2 is 2.38 bits per heavy atom. The van der Waals surface area contributed by atoms with Gasteiger partial charge in [-0.15, -0.1) is 0 Å². The molecule has 116 valence electrons. The maximum Gasteiger partial charge on any atom is 0.303 e. The monoisotopic (exact) mass is 293 g/mol. The van der Waals surface area contributed by atoms with E-state index in [1.54, 1.807) is 0 Å². The Labute approximate surface area is 124 Å². The number of nitrogens with zero attached hydrogens (tertiary/aromatic N) is 2. The average molecular weight is 293 g/mol. The smallest absolute Gasteiger partial charge is 0.303 e. The van der Waals surface area contributed by atoms with Crippen LogP contribution in [0, 0.1) is 11.8 Å². The summed E-state index contributed by atoms with van der Waals surface area (Å²) >= 11 is 0. The standard InChI is InChI=1S/C15H23N3O3/c1-3-12-16-13(8-14(19)17-12)18-6-4-5-11(9-18)10(2)7-15(20)21/h8,10-11H,3-7,9H2,1-2H3,(H,20,21)(H,16,17,19). The number of carboxylic acids is 1. The molecule has 0 spiro atoms. The van der Waals surface area contributed by atoms with Crippen molar-refractivity contribution in [1.29, 1.82) is 0 Å². The number of piperidine rings is 1. The molecule has 0 radical (unpaired) electrons. The van der Waals surface area contributed by atoms with E-state index >= 15 is 0 Å². The molecule has 6 heteroatoms. The van der Waals surface area contributed by atoms with E-state index in [4.69, 9.17) is 5.11 Å². The van der Waals surface area contributed by atoms with E-state index < -0.39 is 5.97 Å². The van der Waals surface area contributed by atoms with Gasteiger partial charge in [0.2, 0.25) is 0 Å². The number of aryl methyl sites for hydroxylation is 1. The number of aliphatic carboxylic acids is 1. The predicted octanol–water partition coefficient (Wildman–Crippen LogP) is 1.66. The van der Waals surface area contributed by atoms with Gasteiger partial charge in [0.25, 0.3) is 5.56 Å². The van der Waals surface area contributed by atoms with Crippen molar-refractivity contribution in [3.05, 3.63) is 22.2 Å². The molecule has 1 aliphatic rings. The van der Waals surface area contributed by atoms with Crippen LogP contribution in [0.2, 0.25) is 0 Å². The normalized spacial score (nSPS) is 20.3. The Balaban J connectivity index is 2.12. The number of hydrogen-bond acceptors (Lipinski definition) is 4. The molecule has 2 unspecified atom stereocenters. The second-order valence-corrected chi connectivity index (χ2v) is 5.83. The molecule has 0 aliphatic carbocycles. The zero-order chi connectivity index (χ0) is 15.4. The molecule has 1 saturated heterocycles. The molecule has 1 aliphatic heterocycles. The van der Waals surface area contributed by atoms with Crippen LogP contribution in [0.25, 0.3) is 0 Å². The van der Waals surface area contributed by atoms with Crippen LogP contribution in [0.4, 0.5) is 5.82 Å². The highest BCUT2D eigenvalue weighted by molar-refractivity contribution is 5.67. The molecule has 6 nitrogen and oxygen atoms in total. The largest absolute Gasteiger partial charge is 0.481 e. The van der Waals surface area contributed by atoms with Crippen molar-refractivity contribution in [2.75, 3.05) is 18.0 Å². The number of aromatic nitrogens is 2. The van der Waals surface area contributed by atoms with Crippen LogP contribution in [-0.2, 0) is 11.2 Å². The number of aromatic amines is 1. The molecule has 1 aromatic heterocycles. The summed E-state index contributed by atoms with van der Waals surface area (Å²) in [7, 11) is 0. The number of rotatable bonds is 5. The Hall–Kier alpha value is -1.85. The van der Waals surface area contributed by atoms with Gasteiger partial charge in [-0.2, -0.15) is 0 Å². The minimum atomic E-state index is -0.748. The van der Waals surface area contributed by atoms with Crippen molar-refractivity contribution in [3.63, 3.8) is 0 Å². The first-order valence-electron chi connectivity index (χ1n) is 7.56. The number of hydrogen-bond donors (Lipinski definition) is 2. The zero-order valence-corrected chi connectivity index (χ0v) is 12.6. The van der Waals surface area contributed by atoms with Crippen molar-refractivity contribution in [2.45, 2.75) is 39.5 Å². The minimum absolute atomic E-state index is 0.127. The summed E-state index contributed by atoms with van der Waals surface area (Å²) in [5.41, 5.74) is -0.127. The summed E-state index contributed by atoms with van der Waals surface area (Å²) in [4.78, 5) is 31.9. The zero-order valence-electron chi connectivity index (χ0n) is 12.6. The van der Waals surface area contributed by atoms with Gasteiger partial charge in [-0.3, -0.25) is 9.59 Å². The number of nitrogens with one attached hydrogen (secondary N) is 1. The van der Waals surface area contributed by atoms with Gasteiger partial charge < -0.3 is 15.0 Å². The van der Waals surface area contributed by atoms with Gasteiger partial charge in [0, 0.05) is 32.0 Å². The molecule has 0 aromatic carbocycles. The fourth-order valence-corrected chi connectivity index (χ4v) is 2.95. The fourth-order valence-electron chi connectivity index (χ4n) is 2.95. The summed E-state index contributed by atoms with van der Waals surface area (Å²) in [5.74, 6) is 1.13. The van der Waals surface area contributed by atoms with Crippen LogP contribution in [0.5, 0.6) is 0 Å². The molecule has 1 fully saturated rings. The predicted molar refractivity (Wildman–Crippen MR) is 80.6 cm³/mol. The third-order valence-electron chi connectivity index (χ3n) is 4.20. The molecule has 21 heavy (non-hydrogen) atoms. The molecule has 2 atom stereocenters. The Morgan fingerprint density at radius 3 is 3.05 bits per heavy atom. The highest BCUT2D eigenvalue weighted by Crippen LogP contribution is 2.28. The summed E-state index contributed by atoms with van der Waals surface area (Å²) in [6.45, 7) is 5.59. The van der Waals surface area contributed by atoms with E-state index in [1.807, 2.05) is 13.8 Å². The maximum absolute atomic E-state index is 11.7. The topological polar surface area (TPSA) is 86.3 Å². The minimum Gasteiger partial charge on any atom is -0.481 e. The number of H-pyrrole nitrogens is 1. The van der Waals surface area contributed by atoms with Crippen LogP contribution in [-0.4, -0.2) is 34.1 Å². The second-order valence-electron chi connectivity index (χ2n) is 5.83. The molecular formula is C15H23N3O3. The summed E-state index contributed by atoms with van der Waals surface area (Å²) < 4.78 is 0. The molecule has 0 amide bonds. The van der Waals surface area contributed by atoms with Crippen molar-refractivity contribution < 1.29 is 9.90 Å². The van der Waals surface area contributed by atoms with Crippen LogP contribution in [0.3, 0.4) is 0 Å². The summed E-state index contributed by atoms with van der Waals surface area (Å²) in [6, 6.07) is 1.53. The Bertz CT molecular complexity index is 555. The summed E-state index contributed by atoms with van der Waals surface area (Å²) in [6.07, 6.45) is 2.93. The lowest BCUT2D eigenvalue weighted by molar-refractivity contribution is -0.138. The van der Waals surface area contributed by atoms with Crippen molar-refractivity contribution in [1.82, 2.24) is 9.97 Å². The Morgan fingerprint density at radius 1 is 1.62 bits per heavy atom. The highest BCUT2D eigenvalue weighted by Gasteiger charge is 2.27. The molecule has 2 N–H and O–H groups in total. The van der Waals surface area contributed by atoms with Gasteiger partial charge in [-0.25, -0.2) is 4.98 Å². The highest BCUT2D eigenvalue weighted by atomic mass is 16.4. The lowest BCUT2D eigenvalue weighted by Crippen LogP contribution is -2.39. The second kappa shape index (κ2) is 6.74. The van der Waals surface area contributed by atoms with E-state index in [0.29, 0.717) is 24.0 Å². The molecule has 1 aromatic rings. The van der Waals surface area contributed by atoms with Gasteiger partial charge >= 0.3 is 5.97 Å². The van der Waals surface area contributed by atoms with E-state index in [1.165, 1.54) is 6.07 Å². The van der Waals surface area contributed by atoms with E-state index in [2.05, 4.69) is 14.9 Å². The third kappa shape index (κ3) is 4.06. The van der Waals surface area contributed by atoms with Crippen molar-refractivity contribution in [2.24, 2.45) is 11.8 Å². The van der Waals surface area contributed by atoms with Crippen LogP contribution in [0.1, 0.15) is 38.9 Å². The quantitative estimate of drug-likeness (QED) is 0.862. The van der Waals surface area contributed by atoms with Gasteiger partial charge in [0.15, 0.2) is 0 Å². The maximum atomic E-state index is 11.7. The lowest BCUT2D eigenvalue weighted by atomic mass is 9.84. The van der Waals surface area contributed by atoms with Crippen LogP contribution < -0.4 is 10.5 Å². The number of anilines is 1. The third-order valence-corrected chi connectivity index (χ3v) is 4.20. The molecule has 0 bridgehead atoms. The number of carboxylic acid groups (broad SMARTS) is 1. The van der Waals surface area contributed by atoms with Crippen LogP contribution in [0.15, 0.2) is 10.9 Å². The molecule has 0 saturated carbocycles. The van der Waals surface area contributed by atoms with Crippen molar-refractivity contribution in [3.8, 4) is 0 Å². The van der Waals surface area contributed by atoms with Crippen LogP contribution >= 0.6 is 0 Å². The number of carbonyl (C=O) groups is 1. The van der Waals surface area contributed by atoms with Gasteiger partial charge in [-0.1, -0.05) is 13.8 Å². The average Bonchev–Trinajstić information content (AvgIpc) is 2.46. The Kier molecular flexibility index (Phi) is 4.98. The fraction of sp³-hybridized carbons (Fsp3) is 0.667. The first kappa shape index (κ1) is 15.5. The first-order valence-corrected chi connectivity index (χ1v) is 7.56. The van der Waals surface area contributed by atoms with E-state index in [9.17, 15) is 9.59 Å². The lowest BCUT2D eigenvalue weighted by Gasteiger charge is -2.36. The first-order chi connectivity index (χ1) is 9.99. The van der Waals surface area contributed by atoms with E-state index in [0.717, 1.165) is 25.9 Å². The molecular weight excluding hydrogens is 270 g/mol. The van der Waals surface area contributed by atoms with E-state index in [-0.39, 0.29) is 17.9 Å². The summed E-state index contributed by atoms with van der Waals surface area (Å²) in [5, 5.41) is 8.93. The van der Waals surface area contributed by atoms with Gasteiger partial charge in [0.05, 0.1) is 0 Å². The molecule has 2 rings (SSSR count). The van der Waals surface area contributed by atoms with Gasteiger partial charge in [-0.05, 0) is 24.7 Å². The van der Waals surface area contributed by atoms with Crippen molar-refractivity contribution >= 4 is 11.8 Å². The van der Waals surface area contributed by atoms with Gasteiger partial charge in [0.1, 0.15) is 11.6 Å². The molecule has 2 heterocycles. The SMILES string of the molecule is CCc1nc(N2CCCC(C(C)CC(=O)O)C2)cc(=O)[nH]1.